The molecule has 0 heterocycles. The maximum atomic E-state index is 11.0. The molecule has 0 bridgehead atoms. The summed E-state index contributed by atoms with van der Waals surface area (Å²) >= 11 is 11.8. The van der Waals surface area contributed by atoms with E-state index in [1.54, 1.807) is 24.3 Å². The van der Waals surface area contributed by atoms with Crippen LogP contribution in [0.4, 0.5) is 11.4 Å². The highest BCUT2D eigenvalue weighted by atomic mass is 35.5. The number of methoxy groups -OCH3 is 1. The fraction of sp³-hybridized carbons (Fsp3) is 0.143. The zero-order valence-electron chi connectivity index (χ0n) is 11.1. The van der Waals surface area contributed by atoms with E-state index < -0.39 is 4.92 Å². The van der Waals surface area contributed by atoms with Crippen molar-refractivity contribution in [2.24, 2.45) is 0 Å². The Hall–Kier alpha value is -1.98. The number of benzene rings is 2. The molecule has 0 saturated carbocycles. The van der Waals surface area contributed by atoms with Crippen LogP contribution in [0.15, 0.2) is 36.4 Å². The number of hydrogen-bond donors (Lipinski definition) is 1. The van der Waals surface area contributed by atoms with Gasteiger partial charge in [0, 0.05) is 29.4 Å². The molecular formula is C14H12Cl2N2O3. The summed E-state index contributed by atoms with van der Waals surface area (Å²) in [6.07, 6.45) is 0. The van der Waals surface area contributed by atoms with Crippen LogP contribution in [0.1, 0.15) is 5.56 Å². The molecule has 7 heteroatoms. The monoisotopic (exact) mass is 326 g/mol. The zero-order chi connectivity index (χ0) is 15.4. The number of nitrogens with one attached hydrogen (secondary N) is 1. The topological polar surface area (TPSA) is 64.4 Å². The number of ether oxygens (including phenoxy) is 1. The van der Waals surface area contributed by atoms with Gasteiger partial charge in [-0.25, -0.2) is 0 Å². The Balaban J connectivity index is 2.20. The zero-order valence-corrected chi connectivity index (χ0v) is 12.6. The number of nitro groups is 1. The summed E-state index contributed by atoms with van der Waals surface area (Å²) in [7, 11) is 1.52. The third-order valence-electron chi connectivity index (χ3n) is 2.87. The van der Waals surface area contributed by atoms with Gasteiger partial charge in [0.15, 0.2) is 0 Å². The molecule has 21 heavy (non-hydrogen) atoms. The van der Waals surface area contributed by atoms with Crippen molar-refractivity contribution in [1.82, 2.24) is 0 Å². The minimum atomic E-state index is -0.435. The third kappa shape index (κ3) is 3.77. The first-order valence-corrected chi connectivity index (χ1v) is 6.77. The Morgan fingerprint density at radius 1 is 1.24 bits per heavy atom. The van der Waals surface area contributed by atoms with E-state index in [1.807, 2.05) is 0 Å². The molecule has 0 aromatic heterocycles. The summed E-state index contributed by atoms with van der Waals surface area (Å²) < 4.78 is 5.12. The van der Waals surface area contributed by atoms with E-state index in [0.717, 1.165) is 5.69 Å². The van der Waals surface area contributed by atoms with Crippen molar-refractivity contribution in [3.63, 3.8) is 0 Å². The summed E-state index contributed by atoms with van der Waals surface area (Å²) in [5.74, 6) is 0.530. The minimum absolute atomic E-state index is 0.0211. The third-order valence-corrected chi connectivity index (χ3v) is 3.42. The Bertz CT molecular complexity index is 677. The Labute approximate surface area is 131 Å². The maximum Gasteiger partial charge on any atom is 0.274 e. The average molecular weight is 327 g/mol. The first-order chi connectivity index (χ1) is 10.0. The lowest BCUT2D eigenvalue weighted by atomic mass is 10.1. The second kappa shape index (κ2) is 6.65. The molecule has 2 aromatic rings. The summed E-state index contributed by atoms with van der Waals surface area (Å²) in [5, 5.41) is 15.0. The predicted molar refractivity (Wildman–Crippen MR) is 83.4 cm³/mol. The first kappa shape index (κ1) is 15.4. The molecular weight excluding hydrogens is 315 g/mol. The molecule has 0 spiro atoms. The van der Waals surface area contributed by atoms with Crippen LogP contribution < -0.4 is 10.1 Å². The summed E-state index contributed by atoms with van der Waals surface area (Å²) in [5.41, 5.74) is 1.26. The average Bonchev–Trinajstić information content (AvgIpc) is 2.46. The molecule has 0 radical (unpaired) electrons. The molecule has 0 aliphatic carbocycles. The van der Waals surface area contributed by atoms with Crippen molar-refractivity contribution < 1.29 is 9.66 Å². The molecule has 0 unspecified atom stereocenters. The maximum absolute atomic E-state index is 11.0. The largest absolute Gasteiger partial charge is 0.495 e. The van der Waals surface area contributed by atoms with Crippen molar-refractivity contribution in [2.45, 2.75) is 6.54 Å². The van der Waals surface area contributed by atoms with Crippen LogP contribution in [0.2, 0.25) is 10.0 Å². The Morgan fingerprint density at radius 2 is 2.00 bits per heavy atom. The van der Waals surface area contributed by atoms with Gasteiger partial charge in [-0.2, -0.15) is 0 Å². The first-order valence-electron chi connectivity index (χ1n) is 6.01. The quantitative estimate of drug-likeness (QED) is 0.648. The van der Waals surface area contributed by atoms with Gasteiger partial charge in [-0.15, -0.1) is 0 Å². The van der Waals surface area contributed by atoms with Crippen molar-refractivity contribution >= 4 is 34.6 Å². The van der Waals surface area contributed by atoms with E-state index in [4.69, 9.17) is 27.9 Å². The van der Waals surface area contributed by atoms with Gasteiger partial charge in [0.25, 0.3) is 5.69 Å². The second-order valence-corrected chi connectivity index (χ2v) is 5.08. The Kier molecular flexibility index (Phi) is 4.88. The highest BCUT2D eigenvalue weighted by Gasteiger charge is 2.13. The minimum Gasteiger partial charge on any atom is -0.495 e. The summed E-state index contributed by atoms with van der Waals surface area (Å²) in [6, 6.07) is 9.63. The lowest BCUT2D eigenvalue weighted by Crippen LogP contribution is -2.03. The number of rotatable bonds is 5. The van der Waals surface area contributed by atoms with E-state index in [0.29, 0.717) is 21.4 Å². The highest BCUT2D eigenvalue weighted by Crippen LogP contribution is 2.28. The Morgan fingerprint density at radius 3 is 2.67 bits per heavy atom. The van der Waals surface area contributed by atoms with Crippen LogP contribution >= 0.6 is 23.2 Å². The molecule has 0 amide bonds. The lowest BCUT2D eigenvalue weighted by molar-refractivity contribution is -0.385. The van der Waals surface area contributed by atoms with E-state index in [9.17, 15) is 10.1 Å². The molecule has 5 nitrogen and oxygen atoms in total. The second-order valence-electron chi connectivity index (χ2n) is 4.23. The molecule has 0 atom stereocenters. The molecule has 1 N–H and O–H groups in total. The molecule has 0 aliphatic rings. The number of anilines is 1. The van der Waals surface area contributed by atoms with Gasteiger partial charge >= 0.3 is 0 Å². The molecule has 0 fully saturated rings. The smallest absolute Gasteiger partial charge is 0.274 e. The molecule has 2 aromatic carbocycles. The van der Waals surface area contributed by atoms with Gasteiger partial charge in [0.1, 0.15) is 5.75 Å². The van der Waals surface area contributed by atoms with Gasteiger partial charge in [-0.3, -0.25) is 10.1 Å². The van der Waals surface area contributed by atoms with Crippen molar-refractivity contribution in [3.05, 3.63) is 62.1 Å². The molecule has 0 saturated heterocycles. The van der Waals surface area contributed by atoms with Crippen molar-refractivity contribution in [1.29, 1.82) is 0 Å². The molecule has 0 aliphatic heterocycles. The van der Waals surface area contributed by atoms with Gasteiger partial charge in [0.2, 0.25) is 0 Å². The van der Waals surface area contributed by atoms with E-state index >= 15 is 0 Å². The summed E-state index contributed by atoms with van der Waals surface area (Å²) in [6.45, 7) is 0.266. The fourth-order valence-electron chi connectivity index (χ4n) is 1.84. The van der Waals surface area contributed by atoms with Crippen LogP contribution in [-0.2, 0) is 6.54 Å². The van der Waals surface area contributed by atoms with E-state index in [-0.39, 0.29) is 12.2 Å². The van der Waals surface area contributed by atoms with Crippen molar-refractivity contribution in [3.8, 4) is 5.75 Å². The van der Waals surface area contributed by atoms with Gasteiger partial charge < -0.3 is 10.1 Å². The standard InChI is InChI=1S/C14H12Cl2N2O3/c1-21-14-7-11(3-4-12(14)16)17-8-9-6-10(15)2-5-13(9)18(19)20/h2-7,17H,8H2,1H3. The fourth-order valence-corrected chi connectivity index (χ4v) is 2.23. The van der Waals surface area contributed by atoms with Crippen LogP contribution in [-0.4, -0.2) is 12.0 Å². The molecule has 110 valence electrons. The molecule has 2 rings (SSSR count). The van der Waals surface area contributed by atoms with Crippen LogP contribution in [0.25, 0.3) is 0 Å². The van der Waals surface area contributed by atoms with Gasteiger partial charge in [0.05, 0.1) is 22.6 Å². The number of nitro benzene ring substituents is 1. The number of nitrogens with zero attached hydrogens (tertiary/aromatic N) is 1. The van der Waals surface area contributed by atoms with E-state index in [1.165, 1.54) is 19.2 Å². The number of hydrogen-bond acceptors (Lipinski definition) is 4. The van der Waals surface area contributed by atoms with Gasteiger partial charge in [-0.05, 0) is 24.3 Å². The van der Waals surface area contributed by atoms with Crippen LogP contribution in [0.5, 0.6) is 5.75 Å². The predicted octanol–water partition coefficient (Wildman–Crippen LogP) is 4.52. The SMILES string of the molecule is COc1cc(NCc2cc(Cl)ccc2[N+](=O)[O-])ccc1Cl. The van der Waals surface area contributed by atoms with Crippen LogP contribution in [0, 0.1) is 10.1 Å². The van der Waals surface area contributed by atoms with Gasteiger partial charge in [-0.1, -0.05) is 23.2 Å². The van der Waals surface area contributed by atoms with Crippen LogP contribution in [0.3, 0.4) is 0 Å². The highest BCUT2D eigenvalue weighted by molar-refractivity contribution is 6.32. The normalized spacial score (nSPS) is 10.2. The summed E-state index contributed by atoms with van der Waals surface area (Å²) in [4.78, 5) is 10.6. The van der Waals surface area contributed by atoms with E-state index in [2.05, 4.69) is 5.32 Å². The number of halogens is 2. The lowest BCUT2D eigenvalue weighted by Gasteiger charge is -2.10. The van der Waals surface area contributed by atoms with Crippen molar-refractivity contribution in [2.75, 3.05) is 12.4 Å².